The first kappa shape index (κ1) is 17.3. The van der Waals surface area contributed by atoms with E-state index in [-0.39, 0.29) is 18.6 Å². The third-order valence-electron chi connectivity index (χ3n) is 3.14. The third kappa shape index (κ3) is 5.90. The van der Waals surface area contributed by atoms with Crippen LogP contribution in [-0.2, 0) is 21.0 Å². The second-order valence-corrected chi connectivity index (χ2v) is 5.99. The summed E-state index contributed by atoms with van der Waals surface area (Å²) in [5, 5.41) is 8.91. The number of rotatable bonds is 6. The SMILES string of the molecule is CC(NC(=O)OCc1ccccc1)C(=O)NCC1CC(Br)=NO1. The van der Waals surface area contributed by atoms with Gasteiger partial charge in [0.25, 0.3) is 0 Å². The van der Waals surface area contributed by atoms with Crippen LogP contribution in [0.25, 0.3) is 0 Å². The van der Waals surface area contributed by atoms with E-state index in [1.807, 2.05) is 30.3 Å². The molecule has 1 aromatic rings. The standard InChI is InChI=1S/C15H18BrN3O4/c1-10(14(20)17-8-12-7-13(16)19-23-12)18-15(21)22-9-11-5-3-2-4-6-11/h2-6,10,12H,7-9H2,1H3,(H,17,20)(H,18,21). The zero-order chi connectivity index (χ0) is 16.7. The highest BCUT2D eigenvalue weighted by Gasteiger charge is 2.22. The lowest BCUT2D eigenvalue weighted by Crippen LogP contribution is -2.46. The van der Waals surface area contributed by atoms with Crippen LogP contribution in [0.15, 0.2) is 35.5 Å². The molecule has 0 fully saturated rings. The minimum atomic E-state index is -0.705. The molecule has 124 valence electrons. The van der Waals surface area contributed by atoms with Crippen molar-refractivity contribution in [3.05, 3.63) is 35.9 Å². The molecule has 2 rings (SSSR count). The Morgan fingerprint density at radius 1 is 1.43 bits per heavy atom. The summed E-state index contributed by atoms with van der Waals surface area (Å²) in [6.07, 6.45) is -0.216. The molecule has 1 aliphatic heterocycles. The summed E-state index contributed by atoms with van der Waals surface area (Å²) in [5.41, 5.74) is 0.878. The molecule has 0 radical (unpaired) electrons. The predicted molar refractivity (Wildman–Crippen MR) is 88.1 cm³/mol. The van der Waals surface area contributed by atoms with Crippen molar-refractivity contribution in [1.29, 1.82) is 0 Å². The van der Waals surface area contributed by atoms with Gasteiger partial charge in [-0.05, 0) is 28.4 Å². The molecule has 2 amide bonds. The highest BCUT2D eigenvalue weighted by molar-refractivity contribution is 9.18. The van der Waals surface area contributed by atoms with Crippen LogP contribution in [0.1, 0.15) is 18.9 Å². The van der Waals surface area contributed by atoms with Crippen molar-refractivity contribution in [3.8, 4) is 0 Å². The molecule has 0 saturated carbocycles. The van der Waals surface area contributed by atoms with Crippen LogP contribution in [0.4, 0.5) is 4.79 Å². The highest BCUT2D eigenvalue weighted by Crippen LogP contribution is 2.13. The van der Waals surface area contributed by atoms with Crippen molar-refractivity contribution >= 4 is 32.6 Å². The second-order valence-electron chi connectivity index (χ2n) is 5.07. The number of nitrogens with one attached hydrogen (secondary N) is 2. The normalized spacial score (nSPS) is 17.7. The summed E-state index contributed by atoms with van der Waals surface area (Å²) in [7, 11) is 0. The van der Waals surface area contributed by atoms with Gasteiger partial charge in [0.15, 0.2) is 6.10 Å². The van der Waals surface area contributed by atoms with E-state index in [1.165, 1.54) is 0 Å². The van der Waals surface area contributed by atoms with Gasteiger partial charge in [-0.1, -0.05) is 35.5 Å². The Kier molecular flexibility index (Phi) is 6.40. The van der Waals surface area contributed by atoms with Gasteiger partial charge in [-0.15, -0.1) is 0 Å². The highest BCUT2D eigenvalue weighted by atomic mass is 79.9. The summed E-state index contributed by atoms with van der Waals surface area (Å²) in [6, 6.07) is 8.60. The number of hydrogen-bond donors (Lipinski definition) is 2. The average Bonchev–Trinajstić information content (AvgIpc) is 2.97. The monoisotopic (exact) mass is 383 g/mol. The van der Waals surface area contributed by atoms with E-state index in [1.54, 1.807) is 6.92 Å². The molecular formula is C15H18BrN3O4. The zero-order valence-electron chi connectivity index (χ0n) is 12.6. The minimum Gasteiger partial charge on any atom is -0.445 e. The molecule has 0 spiro atoms. The maximum atomic E-state index is 11.9. The fourth-order valence-electron chi connectivity index (χ4n) is 1.88. The van der Waals surface area contributed by atoms with Gasteiger partial charge in [0, 0.05) is 6.42 Å². The van der Waals surface area contributed by atoms with Crippen molar-refractivity contribution < 1.29 is 19.2 Å². The smallest absolute Gasteiger partial charge is 0.408 e. The van der Waals surface area contributed by atoms with Crippen molar-refractivity contribution in [1.82, 2.24) is 10.6 Å². The van der Waals surface area contributed by atoms with Crippen LogP contribution in [0.3, 0.4) is 0 Å². The Morgan fingerprint density at radius 2 is 2.17 bits per heavy atom. The molecule has 0 bridgehead atoms. The van der Waals surface area contributed by atoms with E-state index in [0.717, 1.165) is 5.56 Å². The van der Waals surface area contributed by atoms with Crippen LogP contribution in [0.2, 0.25) is 0 Å². The number of nitrogens with zero attached hydrogens (tertiary/aromatic N) is 1. The number of carbonyl (C=O) groups excluding carboxylic acids is 2. The van der Waals surface area contributed by atoms with Gasteiger partial charge >= 0.3 is 6.09 Å². The number of carbonyl (C=O) groups is 2. The van der Waals surface area contributed by atoms with Gasteiger partial charge in [0.2, 0.25) is 5.91 Å². The zero-order valence-corrected chi connectivity index (χ0v) is 14.2. The predicted octanol–water partition coefficient (Wildman–Crippen LogP) is 1.91. The number of hydrogen-bond acceptors (Lipinski definition) is 5. The van der Waals surface area contributed by atoms with E-state index < -0.39 is 12.1 Å². The van der Waals surface area contributed by atoms with Crippen LogP contribution in [0.5, 0.6) is 0 Å². The van der Waals surface area contributed by atoms with E-state index in [4.69, 9.17) is 9.57 Å². The third-order valence-corrected chi connectivity index (χ3v) is 3.61. The van der Waals surface area contributed by atoms with Gasteiger partial charge < -0.3 is 20.2 Å². The number of halogens is 1. The number of ether oxygens (including phenoxy) is 1. The quantitative estimate of drug-likeness (QED) is 0.784. The molecule has 23 heavy (non-hydrogen) atoms. The van der Waals surface area contributed by atoms with Crippen molar-refractivity contribution in [2.75, 3.05) is 6.54 Å². The number of benzene rings is 1. The average molecular weight is 384 g/mol. The Morgan fingerprint density at radius 3 is 2.83 bits per heavy atom. The lowest BCUT2D eigenvalue weighted by atomic mass is 10.2. The Bertz CT molecular complexity index is 579. The van der Waals surface area contributed by atoms with Crippen molar-refractivity contribution in [2.24, 2.45) is 5.16 Å². The van der Waals surface area contributed by atoms with E-state index in [2.05, 4.69) is 31.7 Å². The number of amides is 2. The van der Waals surface area contributed by atoms with Crippen LogP contribution in [-0.4, -0.2) is 35.3 Å². The van der Waals surface area contributed by atoms with Crippen LogP contribution >= 0.6 is 15.9 Å². The van der Waals surface area contributed by atoms with Crippen molar-refractivity contribution in [3.63, 3.8) is 0 Å². The molecule has 2 unspecified atom stereocenters. The van der Waals surface area contributed by atoms with Crippen LogP contribution in [0, 0.1) is 0 Å². The summed E-state index contributed by atoms with van der Waals surface area (Å²) in [5.74, 6) is -0.312. The molecule has 0 aliphatic carbocycles. The van der Waals surface area contributed by atoms with Gasteiger partial charge in [0.1, 0.15) is 17.3 Å². The molecule has 2 atom stereocenters. The molecule has 2 N–H and O–H groups in total. The first-order chi connectivity index (χ1) is 11.0. The van der Waals surface area contributed by atoms with E-state index in [9.17, 15) is 9.59 Å². The lowest BCUT2D eigenvalue weighted by Gasteiger charge is -2.15. The molecule has 7 nitrogen and oxygen atoms in total. The largest absolute Gasteiger partial charge is 0.445 e. The van der Waals surface area contributed by atoms with Crippen molar-refractivity contribution in [2.45, 2.75) is 32.1 Å². The first-order valence-corrected chi connectivity index (χ1v) is 7.97. The maximum absolute atomic E-state index is 11.9. The molecule has 1 heterocycles. The second kappa shape index (κ2) is 8.52. The molecule has 1 aromatic carbocycles. The number of alkyl carbamates (subject to hydrolysis) is 1. The Hall–Kier alpha value is -2.09. The van der Waals surface area contributed by atoms with Gasteiger partial charge in [-0.2, -0.15) is 0 Å². The van der Waals surface area contributed by atoms with E-state index >= 15 is 0 Å². The summed E-state index contributed by atoms with van der Waals surface area (Å²) in [4.78, 5) is 28.7. The van der Waals surface area contributed by atoms with Gasteiger partial charge in [-0.25, -0.2) is 4.79 Å². The topological polar surface area (TPSA) is 89.0 Å². The first-order valence-electron chi connectivity index (χ1n) is 7.17. The summed E-state index contributed by atoms with van der Waals surface area (Å²) < 4.78 is 5.78. The fraction of sp³-hybridized carbons (Fsp3) is 0.400. The molecule has 8 heteroatoms. The van der Waals surface area contributed by atoms with Gasteiger partial charge in [0.05, 0.1) is 6.54 Å². The van der Waals surface area contributed by atoms with Crippen LogP contribution < -0.4 is 10.6 Å². The summed E-state index contributed by atoms with van der Waals surface area (Å²) in [6.45, 7) is 2.06. The van der Waals surface area contributed by atoms with E-state index in [0.29, 0.717) is 17.6 Å². The molecule has 0 aromatic heterocycles. The Balaban J connectivity index is 1.65. The Labute approximate surface area is 142 Å². The minimum absolute atomic E-state index is 0.155. The molecular weight excluding hydrogens is 366 g/mol. The summed E-state index contributed by atoms with van der Waals surface area (Å²) >= 11 is 3.22. The maximum Gasteiger partial charge on any atom is 0.408 e. The molecule has 0 saturated heterocycles. The van der Waals surface area contributed by atoms with Gasteiger partial charge in [-0.3, -0.25) is 4.79 Å². The molecule has 1 aliphatic rings. The lowest BCUT2D eigenvalue weighted by molar-refractivity contribution is -0.123. The number of oxime groups is 1. The fourth-order valence-corrected chi connectivity index (χ4v) is 2.32.